The first-order valence-corrected chi connectivity index (χ1v) is 6.68. The van der Waals surface area contributed by atoms with Crippen LogP contribution in [0.4, 0.5) is 4.79 Å². The van der Waals surface area contributed by atoms with Crippen molar-refractivity contribution >= 4 is 12.0 Å². The minimum absolute atomic E-state index is 0.126. The van der Waals surface area contributed by atoms with Crippen molar-refractivity contribution in [1.29, 1.82) is 0 Å². The summed E-state index contributed by atoms with van der Waals surface area (Å²) in [5, 5.41) is 9.45. The summed E-state index contributed by atoms with van der Waals surface area (Å²) < 4.78 is 0. The van der Waals surface area contributed by atoms with Crippen molar-refractivity contribution in [3.63, 3.8) is 0 Å². The molecular weight excluding hydrogens is 232 g/mol. The number of rotatable bonds is 4. The Hall–Kier alpha value is -1.26. The van der Waals surface area contributed by atoms with Crippen LogP contribution in [0.25, 0.3) is 0 Å². The highest BCUT2D eigenvalue weighted by Crippen LogP contribution is 2.33. The zero-order valence-electron chi connectivity index (χ0n) is 11.8. The maximum absolute atomic E-state index is 12.4. The first-order valence-electron chi connectivity index (χ1n) is 6.68. The summed E-state index contributed by atoms with van der Waals surface area (Å²) in [7, 11) is 1.75. The number of hydrogen-bond donors (Lipinski definition) is 1. The van der Waals surface area contributed by atoms with Crippen LogP contribution in [0.5, 0.6) is 0 Å². The quantitative estimate of drug-likeness (QED) is 0.838. The van der Waals surface area contributed by atoms with Gasteiger partial charge in [-0.15, -0.1) is 0 Å². The lowest BCUT2D eigenvalue weighted by atomic mass is 9.93. The number of carboxylic acids is 1. The highest BCUT2D eigenvalue weighted by atomic mass is 16.4. The van der Waals surface area contributed by atoms with Crippen LogP contribution >= 0.6 is 0 Å². The average molecular weight is 256 g/mol. The first-order chi connectivity index (χ1) is 8.40. The molecule has 5 heteroatoms. The molecule has 1 N–H and O–H groups in total. The lowest BCUT2D eigenvalue weighted by Crippen LogP contribution is -2.57. The van der Waals surface area contributed by atoms with E-state index in [1.165, 1.54) is 0 Å². The van der Waals surface area contributed by atoms with E-state index in [4.69, 9.17) is 0 Å². The van der Waals surface area contributed by atoms with Crippen molar-refractivity contribution in [2.45, 2.75) is 58.0 Å². The number of likely N-dealkylation sites (tertiary alicyclic amines) is 1. The van der Waals surface area contributed by atoms with Crippen LogP contribution < -0.4 is 0 Å². The number of nitrogens with zero attached hydrogens (tertiary/aromatic N) is 2. The Balaban J connectivity index is 2.94. The van der Waals surface area contributed by atoms with E-state index in [1.54, 1.807) is 16.8 Å². The van der Waals surface area contributed by atoms with Gasteiger partial charge in [0.15, 0.2) is 0 Å². The summed E-state index contributed by atoms with van der Waals surface area (Å²) in [5.41, 5.74) is -1.00. The van der Waals surface area contributed by atoms with Gasteiger partial charge in [-0.3, -0.25) is 0 Å². The summed E-state index contributed by atoms with van der Waals surface area (Å²) in [4.78, 5) is 27.1. The second-order valence-corrected chi connectivity index (χ2v) is 5.10. The van der Waals surface area contributed by atoms with Gasteiger partial charge in [-0.05, 0) is 32.6 Å². The van der Waals surface area contributed by atoms with Crippen molar-refractivity contribution in [2.75, 3.05) is 13.6 Å². The molecular formula is C13H24N2O3. The fraction of sp³-hybridized carbons (Fsp3) is 0.846. The number of urea groups is 1. The summed E-state index contributed by atoms with van der Waals surface area (Å²) >= 11 is 0. The van der Waals surface area contributed by atoms with Crippen LogP contribution in [0.15, 0.2) is 0 Å². The van der Waals surface area contributed by atoms with Crippen molar-refractivity contribution in [2.24, 2.45) is 0 Å². The molecule has 104 valence electrons. The molecule has 2 atom stereocenters. The molecule has 1 heterocycles. The molecule has 0 aromatic carbocycles. The molecule has 1 fully saturated rings. The van der Waals surface area contributed by atoms with E-state index in [1.807, 2.05) is 20.8 Å². The Bertz CT molecular complexity index is 332. The van der Waals surface area contributed by atoms with Crippen molar-refractivity contribution < 1.29 is 14.7 Å². The number of carboxylic acid groups (broad SMARTS) is 1. The molecule has 1 saturated heterocycles. The Morgan fingerprint density at radius 2 is 2.06 bits per heavy atom. The third-order valence-corrected chi connectivity index (χ3v) is 4.26. The third-order valence-electron chi connectivity index (χ3n) is 4.26. The van der Waals surface area contributed by atoms with Gasteiger partial charge in [0.05, 0.1) is 0 Å². The number of aliphatic carboxylic acids is 1. The predicted octanol–water partition coefficient (Wildman–Crippen LogP) is 2.17. The standard InChI is InChI=1S/C13H24N2O3/c1-5-10(3)14(4)12(18)15-9-7-8-13(15,6-2)11(16)17/h10H,5-9H2,1-4H3,(H,16,17). The molecule has 0 aromatic heterocycles. The van der Waals surface area contributed by atoms with Crippen LogP contribution in [-0.2, 0) is 4.79 Å². The number of carbonyl (C=O) groups excluding carboxylic acids is 1. The minimum Gasteiger partial charge on any atom is -0.479 e. The second-order valence-electron chi connectivity index (χ2n) is 5.10. The zero-order valence-corrected chi connectivity index (χ0v) is 11.8. The molecule has 1 rings (SSSR count). The maximum Gasteiger partial charge on any atom is 0.329 e. The fourth-order valence-corrected chi connectivity index (χ4v) is 2.55. The molecule has 5 nitrogen and oxygen atoms in total. The zero-order chi connectivity index (χ0) is 13.9. The Morgan fingerprint density at radius 1 is 1.44 bits per heavy atom. The van der Waals surface area contributed by atoms with Gasteiger partial charge < -0.3 is 14.9 Å². The highest BCUT2D eigenvalue weighted by Gasteiger charge is 2.49. The summed E-state index contributed by atoms with van der Waals surface area (Å²) in [6.07, 6.45) is 2.64. The molecule has 0 bridgehead atoms. The average Bonchev–Trinajstić information content (AvgIpc) is 2.80. The molecule has 18 heavy (non-hydrogen) atoms. The van der Waals surface area contributed by atoms with E-state index in [0.717, 1.165) is 12.8 Å². The topological polar surface area (TPSA) is 60.9 Å². The molecule has 2 unspecified atom stereocenters. The van der Waals surface area contributed by atoms with Gasteiger partial charge in [-0.2, -0.15) is 0 Å². The summed E-state index contributed by atoms with van der Waals surface area (Å²) in [6.45, 7) is 6.37. The van der Waals surface area contributed by atoms with Crippen LogP contribution in [0.2, 0.25) is 0 Å². The third kappa shape index (κ3) is 2.31. The molecule has 0 aliphatic carbocycles. The smallest absolute Gasteiger partial charge is 0.329 e. The normalized spacial score (nSPS) is 25.0. The summed E-state index contributed by atoms with van der Waals surface area (Å²) in [5.74, 6) is -0.881. The van der Waals surface area contributed by atoms with Gasteiger partial charge in [0, 0.05) is 19.6 Å². The predicted molar refractivity (Wildman–Crippen MR) is 69.5 cm³/mol. The fourth-order valence-electron chi connectivity index (χ4n) is 2.55. The van der Waals surface area contributed by atoms with Crippen LogP contribution in [0, 0.1) is 0 Å². The van der Waals surface area contributed by atoms with Crippen molar-refractivity contribution in [3.05, 3.63) is 0 Å². The molecule has 0 radical (unpaired) electrons. The van der Waals surface area contributed by atoms with E-state index in [2.05, 4.69) is 0 Å². The van der Waals surface area contributed by atoms with E-state index in [0.29, 0.717) is 19.4 Å². The van der Waals surface area contributed by atoms with E-state index in [-0.39, 0.29) is 12.1 Å². The van der Waals surface area contributed by atoms with Gasteiger partial charge >= 0.3 is 12.0 Å². The number of carbonyl (C=O) groups is 2. The minimum atomic E-state index is -1.00. The van der Waals surface area contributed by atoms with E-state index >= 15 is 0 Å². The number of hydrogen-bond acceptors (Lipinski definition) is 2. The van der Waals surface area contributed by atoms with Crippen LogP contribution in [0.3, 0.4) is 0 Å². The molecule has 0 saturated carbocycles. The maximum atomic E-state index is 12.4. The van der Waals surface area contributed by atoms with Crippen LogP contribution in [-0.4, -0.2) is 52.1 Å². The molecule has 1 aliphatic rings. The molecule has 0 aromatic rings. The monoisotopic (exact) mass is 256 g/mol. The van der Waals surface area contributed by atoms with Crippen molar-refractivity contribution in [3.8, 4) is 0 Å². The largest absolute Gasteiger partial charge is 0.479 e. The SMILES string of the molecule is CCC(C)N(C)C(=O)N1CCCC1(CC)C(=O)O. The van der Waals surface area contributed by atoms with Gasteiger partial charge in [0.25, 0.3) is 0 Å². The lowest BCUT2D eigenvalue weighted by molar-refractivity contribution is -0.148. The Kier molecular flexibility index (Phi) is 4.59. The van der Waals surface area contributed by atoms with Gasteiger partial charge in [-0.1, -0.05) is 13.8 Å². The summed E-state index contributed by atoms with van der Waals surface area (Å²) in [6, 6.07) is -0.0347. The molecule has 2 amide bonds. The van der Waals surface area contributed by atoms with Crippen molar-refractivity contribution in [1.82, 2.24) is 9.80 Å². The lowest BCUT2D eigenvalue weighted by Gasteiger charge is -2.38. The Labute approximate surface area is 109 Å². The van der Waals surface area contributed by atoms with Gasteiger partial charge in [0.2, 0.25) is 0 Å². The van der Waals surface area contributed by atoms with E-state index in [9.17, 15) is 14.7 Å². The van der Waals surface area contributed by atoms with Gasteiger partial charge in [-0.25, -0.2) is 9.59 Å². The highest BCUT2D eigenvalue weighted by molar-refractivity contribution is 5.87. The van der Waals surface area contributed by atoms with Crippen LogP contribution in [0.1, 0.15) is 46.5 Å². The first kappa shape index (κ1) is 14.8. The molecule has 0 spiro atoms. The van der Waals surface area contributed by atoms with Gasteiger partial charge in [0.1, 0.15) is 5.54 Å². The van der Waals surface area contributed by atoms with E-state index < -0.39 is 11.5 Å². The second kappa shape index (κ2) is 5.59. The Morgan fingerprint density at radius 3 is 2.50 bits per heavy atom. The molecule has 1 aliphatic heterocycles. The number of amides is 2.